The van der Waals surface area contributed by atoms with Crippen LogP contribution in [0.4, 0.5) is 5.82 Å². The van der Waals surface area contributed by atoms with Gasteiger partial charge < -0.3 is 5.32 Å². The third-order valence-electron chi connectivity index (χ3n) is 4.50. The predicted molar refractivity (Wildman–Crippen MR) is 107 cm³/mol. The molecular weight excluding hydrogens is 350 g/mol. The number of rotatable bonds is 5. The van der Waals surface area contributed by atoms with Gasteiger partial charge in [0.1, 0.15) is 23.8 Å². The summed E-state index contributed by atoms with van der Waals surface area (Å²) in [6.45, 7) is 1.89. The lowest BCUT2D eigenvalue weighted by molar-refractivity contribution is -0.116. The van der Waals surface area contributed by atoms with Crippen molar-refractivity contribution in [3.05, 3.63) is 102 Å². The molecule has 0 fully saturated rings. The van der Waals surface area contributed by atoms with Crippen molar-refractivity contribution in [2.45, 2.75) is 12.8 Å². The summed E-state index contributed by atoms with van der Waals surface area (Å²) in [5.41, 5.74) is 1.84. The zero-order chi connectivity index (χ0) is 19.3. The van der Waals surface area contributed by atoms with E-state index in [1.165, 1.54) is 6.33 Å². The van der Waals surface area contributed by atoms with Crippen LogP contribution in [0.15, 0.2) is 85.5 Å². The molecular formula is C22H19N5O. The Kier molecular flexibility index (Phi) is 4.93. The number of anilines is 1. The van der Waals surface area contributed by atoms with Gasteiger partial charge in [-0.25, -0.2) is 15.0 Å². The lowest BCUT2D eigenvalue weighted by Gasteiger charge is -2.17. The Balaban J connectivity index is 1.65. The van der Waals surface area contributed by atoms with Crippen molar-refractivity contribution in [1.29, 1.82) is 0 Å². The summed E-state index contributed by atoms with van der Waals surface area (Å²) >= 11 is 0. The Morgan fingerprint density at radius 2 is 1.57 bits per heavy atom. The smallest absolute Gasteiger partial charge is 0.237 e. The lowest BCUT2D eigenvalue weighted by Crippen LogP contribution is -2.23. The zero-order valence-corrected chi connectivity index (χ0v) is 15.4. The minimum absolute atomic E-state index is 0.149. The summed E-state index contributed by atoms with van der Waals surface area (Å²) in [6, 6.07) is 21.2. The Bertz CT molecular complexity index is 1040. The van der Waals surface area contributed by atoms with Gasteiger partial charge >= 0.3 is 0 Å². The molecule has 0 atom stereocenters. The predicted octanol–water partition coefficient (Wildman–Crippen LogP) is 3.74. The first-order chi connectivity index (χ1) is 13.7. The van der Waals surface area contributed by atoms with Crippen molar-refractivity contribution in [2.75, 3.05) is 5.32 Å². The van der Waals surface area contributed by atoms with Crippen LogP contribution in [0.2, 0.25) is 0 Å². The van der Waals surface area contributed by atoms with Crippen LogP contribution in [0.3, 0.4) is 0 Å². The summed E-state index contributed by atoms with van der Waals surface area (Å²) in [5.74, 6) is 1.32. The molecule has 0 aliphatic carbocycles. The van der Waals surface area contributed by atoms with E-state index in [0.717, 1.165) is 17.0 Å². The Morgan fingerprint density at radius 1 is 0.929 bits per heavy atom. The number of benzene rings is 2. The van der Waals surface area contributed by atoms with E-state index in [-0.39, 0.29) is 5.91 Å². The first kappa shape index (κ1) is 17.6. The van der Waals surface area contributed by atoms with E-state index in [4.69, 9.17) is 0 Å². The van der Waals surface area contributed by atoms with Crippen molar-refractivity contribution in [3.63, 3.8) is 0 Å². The zero-order valence-electron chi connectivity index (χ0n) is 15.4. The highest BCUT2D eigenvalue weighted by molar-refractivity contribution is 5.97. The monoisotopic (exact) mass is 369 g/mol. The van der Waals surface area contributed by atoms with Gasteiger partial charge in [-0.3, -0.25) is 9.36 Å². The number of aromatic nitrogens is 4. The molecule has 0 aliphatic rings. The topological polar surface area (TPSA) is 72.7 Å². The van der Waals surface area contributed by atoms with Gasteiger partial charge in [-0.05, 0) is 18.1 Å². The van der Waals surface area contributed by atoms with Crippen molar-refractivity contribution in [1.82, 2.24) is 19.5 Å². The maximum atomic E-state index is 13.2. The van der Waals surface area contributed by atoms with E-state index < -0.39 is 5.92 Å². The molecule has 6 heteroatoms. The number of hydrogen-bond donors (Lipinski definition) is 1. The summed E-state index contributed by atoms with van der Waals surface area (Å²) in [4.78, 5) is 25.9. The van der Waals surface area contributed by atoms with Gasteiger partial charge in [0.25, 0.3) is 0 Å². The quantitative estimate of drug-likeness (QED) is 0.582. The average molecular weight is 369 g/mol. The minimum Gasteiger partial charge on any atom is -0.310 e. The van der Waals surface area contributed by atoms with Crippen LogP contribution >= 0.6 is 0 Å². The normalized spacial score (nSPS) is 10.8. The van der Waals surface area contributed by atoms with Gasteiger partial charge in [0.2, 0.25) is 5.91 Å². The molecule has 6 nitrogen and oxygen atoms in total. The molecule has 4 rings (SSSR count). The molecule has 2 heterocycles. The number of nitrogens with one attached hydrogen (secondary N) is 1. The van der Waals surface area contributed by atoms with E-state index in [1.54, 1.807) is 12.3 Å². The second-order valence-corrected chi connectivity index (χ2v) is 6.35. The fourth-order valence-electron chi connectivity index (χ4n) is 3.15. The molecule has 138 valence electrons. The molecule has 2 aromatic carbocycles. The Morgan fingerprint density at radius 3 is 2.14 bits per heavy atom. The number of hydrogen-bond acceptors (Lipinski definition) is 4. The number of aryl methyl sites for hydroxylation is 1. The Hall–Kier alpha value is -3.80. The first-order valence-corrected chi connectivity index (χ1v) is 8.95. The van der Waals surface area contributed by atoms with E-state index in [0.29, 0.717) is 11.6 Å². The van der Waals surface area contributed by atoms with Crippen LogP contribution in [0.25, 0.3) is 5.82 Å². The highest BCUT2D eigenvalue weighted by atomic mass is 16.1. The van der Waals surface area contributed by atoms with Crippen LogP contribution < -0.4 is 5.32 Å². The third-order valence-corrected chi connectivity index (χ3v) is 4.50. The Labute approximate surface area is 162 Å². The van der Waals surface area contributed by atoms with Gasteiger partial charge in [0.05, 0.1) is 5.92 Å². The largest absolute Gasteiger partial charge is 0.310 e. The summed E-state index contributed by atoms with van der Waals surface area (Å²) in [7, 11) is 0. The molecule has 0 bridgehead atoms. The molecule has 1 N–H and O–H groups in total. The number of carbonyl (C=O) groups excluding carboxylic acids is 1. The third kappa shape index (κ3) is 3.66. The van der Waals surface area contributed by atoms with E-state index >= 15 is 0 Å². The first-order valence-electron chi connectivity index (χ1n) is 8.95. The molecule has 0 spiro atoms. The van der Waals surface area contributed by atoms with Crippen LogP contribution in [0, 0.1) is 6.92 Å². The molecule has 0 aliphatic heterocycles. The van der Waals surface area contributed by atoms with Crippen LogP contribution in [0.5, 0.6) is 0 Å². The fourth-order valence-corrected chi connectivity index (χ4v) is 3.15. The lowest BCUT2D eigenvalue weighted by atomic mass is 9.90. The van der Waals surface area contributed by atoms with Crippen molar-refractivity contribution < 1.29 is 4.79 Å². The van der Waals surface area contributed by atoms with Gasteiger partial charge in [0, 0.05) is 18.5 Å². The molecule has 2 aromatic heterocycles. The summed E-state index contributed by atoms with van der Waals surface area (Å²) < 4.78 is 1.84. The fraction of sp³-hybridized carbons (Fsp3) is 0.0909. The van der Waals surface area contributed by atoms with E-state index in [9.17, 15) is 4.79 Å². The second kappa shape index (κ2) is 7.84. The summed E-state index contributed by atoms with van der Waals surface area (Å²) in [5, 5.41) is 2.94. The maximum absolute atomic E-state index is 13.2. The van der Waals surface area contributed by atoms with Gasteiger partial charge in [-0.1, -0.05) is 60.7 Å². The molecule has 0 radical (unpaired) electrons. The highest BCUT2D eigenvalue weighted by Crippen LogP contribution is 2.26. The van der Waals surface area contributed by atoms with Crippen LogP contribution in [-0.2, 0) is 4.79 Å². The van der Waals surface area contributed by atoms with Gasteiger partial charge in [-0.2, -0.15) is 0 Å². The standard InChI is InChI=1S/C22H19N5O/c1-16-23-12-13-27(16)20-14-19(24-15-25-20)26-22(28)21(17-8-4-2-5-9-17)18-10-6-3-7-11-18/h2-15,21H,1H3,(H,24,25,26,28). The number of carbonyl (C=O) groups is 1. The maximum Gasteiger partial charge on any atom is 0.237 e. The van der Waals surface area contributed by atoms with Crippen LogP contribution in [-0.4, -0.2) is 25.4 Å². The average Bonchev–Trinajstić information content (AvgIpc) is 3.16. The number of nitrogens with zero attached hydrogens (tertiary/aromatic N) is 4. The minimum atomic E-state index is -0.434. The highest BCUT2D eigenvalue weighted by Gasteiger charge is 2.23. The number of amides is 1. The van der Waals surface area contributed by atoms with Gasteiger partial charge in [0.15, 0.2) is 0 Å². The van der Waals surface area contributed by atoms with E-state index in [1.807, 2.05) is 78.4 Å². The molecule has 1 amide bonds. The number of imidazole rings is 1. The van der Waals surface area contributed by atoms with Crippen molar-refractivity contribution >= 4 is 11.7 Å². The summed E-state index contributed by atoms with van der Waals surface area (Å²) in [6.07, 6.45) is 4.96. The second-order valence-electron chi connectivity index (χ2n) is 6.35. The molecule has 0 unspecified atom stereocenters. The van der Waals surface area contributed by atoms with Gasteiger partial charge in [-0.15, -0.1) is 0 Å². The van der Waals surface area contributed by atoms with E-state index in [2.05, 4.69) is 20.3 Å². The van der Waals surface area contributed by atoms with Crippen molar-refractivity contribution in [3.8, 4) is 5.82 Å². The van der Waals surface area contributed by atoms with Crippen molar-refractivity contribution in [2.24, 2.45) is 0 Å². The molecule has 4 aromatic rings. The SMILES string of the molecule is Cc1nccn1-c1cc(NC(=O)C(c2ccccc2)c2ccccc2)ncn1. The molecule has 0 saturated carbocycles. The molecule has 0 saturated heterocycles. The molecule has 28 heavy (non-hydrogen) atoms. The van der Waals surface area contributed by atoms with Crippen LogP contribution in [0.1, 0.15) is 22.9 Å².